The Kier molecular flexibility index (Phi) is 5.18. The molecule has 6 heteroatoms. The van der Waals surface area contributed by atoms with Crippen LogP contribution >= 0.6 is 0 Å². The lowest BCUT2D eigenvalue weighted by molar-refractivity contribution is -0.232. The van der Waals surface area contributed by atoms with Crippen molar-refractivity contribution in [2.24, 2.45) is 0 Å². The van der Waals surface area contributed by atoms with Crippen LogP contribution in [0.5, 0.6) is 0 Å². The summed E-state index contributed by atoms with van der Waals surface area (Å²) >= 11 is 0. The molecule has 0 aliphatic carbocycles. The SMILES string of the molecule is FC(F)(F)c1cccc(COC2COC(c3ccccc3)OC2)c1. The number of halogens is 3. The zero-order chi connectivity index (χ0) is 17.0. The standard InChI is InChI=1S/C18H17F3O3/c19-18(20,21)15-8-4-5-13(9-15)10-22-16-11-23-17(24-12-16)14-6-2-1-3-7-14/h1-9,16-17H,10-12H2. The summed E-state index contributed by atoms with van der Waals surface area (Å²) in [5.74, 6) is 0. The van der Waals surface area contributed by atoms with E-state index in [0.717, 1.165) is 17.7 Å². The van der Waals surface area contributed by atoms with Gasteiger partial charge in [0.05, 0.1) is 25.4 Å². The molecular formula is C18H17F3O3. The third kappa shape index (κ3) is 4.35. The molecule has 0 atom stereocenters. The van der Waals surface area contributed by atoms with Crippen LogP contribution in [0.4, 0.5) is 13.2 Å². The van der Waals surface area contributed by atoms with Crippen LogP contribution in [0, 0.1) is 0 Å². The molecule has 0 radical (unpaired) electrons. The molecule has 2 aromatic rings. The summed E-state index contributed by atoms with van der Waals surface area (Å²) in [7, 11) is 0. The second kappa shape index (κ2) is 7.34. The molecule has 1 aliphatic heterocycles. The lowest BCUT2D eigenvalue weighted by Crippen LogP contribution is -2.33. The van der Waals surface area contributed by atoms with E-state index >= 15 is 0 Å². The van der Waals surface area contributed by atoms with E-state index in [9.17, 15) is 13.2 Å². The van der Waals surface area contributed by atoms with Gasteiger partial charge in [-0.1, -0.05) is 42.5 Å². The number of hydrogen-bond acceptors (Lipinski definition) is 3. The van der Waals surface area contributed by atoms with Gasteiger partial charge >= 0.3 is 6.18 Å². The maximum atomic E-state index is 12.7. The molecule has 2 aromatic carbocycles. The van der Waals surface area contributed by atoms with Crippen molar-refractivity contribution in [2.75, 3.05) is 13.2 Å². The number of hydrogen-bond donors (Lipinski definition) is 0. The molecule has 1 fully saturated rings. The van der Waals surface area contributed by atoms with Gasteiger partial charge in [0.15, 0.2) is 6.29 Å². The molecule has 1 aliphatic rings. The third-order valence-corrected chi connectivity index (χ3v) is 3.68. The fourth-order valence-corrected chi connectivity index (χ4v) is 2.44. The molecule has 0 amide bonds. The summed E-state index contributed by atoms with van der Waals surface area (Å²) in [6.07, 6.45) is -5.09. The van der Waals surface area contributed by atoms with Crippen molar-refractivity contribution in [1.82, 2.24) is 0 Å². The minimum Gasteiger partial charge on any atom is -0.369 e. The average Bonchev–Trinajstić information content (AvgIpc) is 2.61. The van der Waals surface area contributed by atoms with Gasteiger partial charge in [-0.25, -0.2) is 0 Å². The molecule has 0 bridgehead atoms. The van der Waals surface area contributed by atoms with E-state index in [0.29, 0.717) is 18.8 Å². The molecule has 3 nitrogen and oxygen atoms in total. The second-order valence-corrected chi connectivity index (χ2v) is 5.54. The predicted octanol–water partition coefficient (Wildman–Crippen LogP) is 4.34. The first-order chi connectivity index (χ1) is 11.5. The second-order valence-electron chi connectivity index (χ2n) is 5.54. The summed E-state index contributed by atoms with van der Waals surface area (Å²) in [5, 5.41) is 0. The van der Waals surface area contributed by atoms with Gasteiger partial charge in [0.2, 0.25) is 0 Å². The quantitative estimate of drug-likeness (QED) is 0.830. The van der Waals surface area contributed by atoms with Crippen molar-refractivity contribution in [3.05, 3.63) is 71.3 Å². The number of benzene rings is 2. The van der Waals surface area contributed by atoms with E-state index in [1.807, 2.05) is 30.3 Å². The van der Waals surface area contributed by atoms with E-state index < -0.39 is 18.0 Å². The smallest absolute Gasteiger partial charge is 0.369 e. The molecule has 1 heterocycles. The van der Waals surface area contributed by atoms with Crippen LogP contribution in [-0.2, 0) is 27.0 Å². The van der Waals surface area contributed by atoms with Crippen molar-refractivity contribution in [3.8, 4) is 0 Å². The van der Waals surface area contributed by atoms with E-state index in [1.54, 1.807) is 6.07 Å². The van der Waals surface area contributed by atoms with Crippen molar-refractivity contribution >= 4 is 0 Å². The molecular weight excluding hydrogens is 321 g/mol. The third-order valence-electron chi connectivity index (χ3n) is 3.68. The molecule has 0 N–H and O–H groups in total. The predicted molar refractivity (Wildman–Crippen MR) is 81.1 cm³/mol. The van der Waals surface area contributed by atoms with Crippen LogP contribution in [0.15, 0.2) is 54.6 Å². The van der Waals surface area contributed by atoms with Crippen molar-refractivity contribution in [3.63, 3.8) is 0 Å². The van der Waals surface area contributed by atoms with Gasteiger partial charge in [0.1, 0.15) is 6.10 Å². The number of alkyl halides is 3. The highest BCUT2D eigenvalue weighted by Crippen LogP contribution is 2.30. The summed E-state index contributed by atoms with van der Waals surface area (Å²) < 4.78 is 54.9. The Hall–Kier alpha value is -1.89. The van der Waals surface area contributed by atoms with E-state index in [4.69, 9.17) is 14.2 Å². The van der Waals surface area contributed by atoms with Crippen molar-refractivity contribution in [2.45, 2.75) is 25.2 Å². The van der Waals surface area contributed by atoms with Crippen LogP contribution < -0.4 is 0 Å². The normalized spacial score (nSPS) is 21.6. The average molecular weight is 338 g/mol. The van der Waals surface area contributed by atoms with Crippen LogP contribution in [0.3, 0.4) is 0 Å². The zero-order valence-corrected chi connectivity index (χ0v) is 12.8. The van der Waals surface area contributed by atoms with Crippen LogP contribution in [0.25, 0.3) is 0 Å². The number of ether oxygens (including phenoxy) is 3. The minimum absolute atomic E-state index is 0.0807. The highest BCUT2D eigenvalue weighted by molar-refractivity contribution is 5.25. The molecule has 1 saturated heterocycles. The maximum Gasteiger partial charge on any atom is 0.416 e. The minimum atomic E-state index is -4.35. The topological polar surface area (TPSA) is 27.7 Å². The first kappa shape index (κ1) is 17.0. The lowest BCUT2D eigenvalue weighted by atomic mass is 10.1. The Balaban J connectivity index is 1.50. The molecule has 24 heavy (non-hydrogen) atoms. The lowest BCUT2D eigenvalue weighted by Gasteiger charge is -2.29. The Bertz CT molecular complexity index is 650. The van der Waals surface area contributed by atoms with Gasteiger partial charge in [0, 0.05) is 5.56 Å². The first-order valence-electron chi connectivity index (χ1n) is 7.58. The Morgan fingerprint density at radius 3 is 2.33 bits per heavy atom. The first-order valence-corrected chi connectivity index (χ1v) is 7.58. The Morgan fingerprint density at radius 2 is 1.67 bits per heavy atom. The molecule has 0 saturated carbocycles. The monoisotopic (exact) mass is 338 g/mol. The molecule has 0 aromatic heterocycles. The largest absolute Gasteiger partial charge is 0.416 e. The number of rotatable bonds is 4. The van der Waals surface area contributed by atoms with Gasteiger partial charge in [-0.15, -0.1) is 0 Å². The van der Waals surface area contributed by atoms with Gasteiger partial charge in [-0.2, -0.15) is 13.2 Å². The summed E-state index contributed by atoms with van der Waals surface area (Å²) in [4.78, 5) is 0. The van der Waals surface area contributed by atoms with E-state index in [2.05, 4.69) is 0 Å². The highest BCUT2D eigenvalue weighted by atomic mass is 19.4. The van der Waals surface area contributed by atoms with Gasteiger partial charge < -0.3 is 14.2 Å². The van der Waals surface area contributed by atoms with Gasteiger partial charge in [0.25, 0.3) is 0 Å². The molecule has 0 unspecified atom stereocenters. The van der Waals surface area contributed by atoms with Crippen molar-refractivity contribution in [1.29, 1.82) is 0 Å². The fraction of sp³-hybridized carbons (Fsp3) is 0.333. The molecule has 0 spiro atoms. The van der Waals surface area contributed by atoms with Crippen LogP contribution in [-0.4, -0.2) is 19.3 Å². The summed E-state index contributed by atoms with van der Waals surface area (Å²) in [6, 6.07) is 14.7. The Morgan fingerprint density at radius 1 is 0.958 bits per heavy atom. The Labute approximate surface area is 138 Å². The molecule has 128 valence electrons. The van der Waals surface area contributed by atoms with E-state index in [1.165, 1.54) is 6.07 Å². The maximum absolute atomic E-state index is 12.7. The fourth-order valence-electron chi connectivity index (χ4n) is 2.44. The van der Waals surface area contributed by atoms with Gasteiger partial charge in [-0.05, 0) is 17.7 Å². The van der Waals surface area contributed by atoms with E-state index in [-0.39, 0.29) is 12.7 Å². The van der Waals surface area contributed by atoms with Crippen molar-refractivity contribution < 1.29 is 27.4 Å². The van der Waals surface area contributed by atoms with Gasteiger partial charge in [-0.3, -0.25) is 0 Å². The highest BCUT2D eigenvalue weighted by Gasteiger charge is 2.30. The van der Waals surface area contributed by atoms with Crippen LogP contribution in [0.2, 0.25) is 0 Å². The summed E-state index contributed by atoms with van der Waals surface area (Å²) in [5.41, 5.74) is 0.715. The zero-order valence-electron chi connectivity index (χ0n) is 12.8. The van der Waals surface area contributed by atoms with Crippen LogP contribution in [0.1, 0.15) is 23.0 Å². The molecule has 3 rings (SSSR count). The summed E-state index contributed by atoms with van der Waals surface area (Å²) in [6.45, 7) is 0.744.